The predicted molar refractivity (Wildman–Crippen MR) is 139 cm³/mol. The number of rotatable bonds is 8. The Labute approximate surface area is 211 Å². The average molecular weight is 482 g/mol. The topological polar surface area (TPSA) is 67.6 Å². The van der Waals surface area contributed by atoms with Gasteiger partial charge < -0.3 is 14.4 Å². The van der Waals surface area contributed by atoms with Gasteiger partial charge in [-0.05, 0) is 66.1 Å². The first-order valence-corrected chi connectivity index (χ1v) is 12.8. The van der Waals surface area contributed by atoms with Crippen molar-refractivity contribution in [3.05, 3.63) is 100 Å². The molecule has 184 valence electrons. The molecule has 2 aliphatic rings. The highest BCUT2D eigenvalue weighted by atomic mass is 16.5. The number of carbonyl (C=O) groups is 1. The van der Waals surface area contributed by atoms with Crippen LogP contribution in [0.25, 0.3) is 11.0 Å². The van der Waals surface area contributed by atoms with Gasteiger partial charge in [0.2, 0.25) is 0 Å². The zero-order valence-corrected chi connectivity index (χ0v) is 20.4. The molecule has 3 heterocycles. The molecule has 1 N–H and O–H groups in total. The lowest BCUT2D eigenvalue weighted by Crippen LogP contribution is -2.34. The van der Waals surface area contributed by atoms with E-state index in [0.717, 1.165) is 68.8 Å². The van der Waals surface area contributed by atoms with E-state index >= 15 is 0 Å². The van der Waals surface area contributed by atoms with Gasteiger partial charge in [-0.25, -0.2) is 9.78 Å². The molecule has 0 spiro atoms. The molecule has 1 atom stereocenters. The molecule has 2 aliphatic heterocycles. The van der Waals surface area contributed by atoms with Crippen molar-refractivity contribution in [2.45, 2.75) is 51.4 Å². The molecule has 0 bridgehead atoms. The zero-order valence-electron chi connectivity index (χ0n) is 20.4. The molecule has 0 saturated carbocycles. The molecule has 4 aromatic rings. The number of hydrogen-bond donors (Lipinski definition) is 1. The standard InChI is InChI=1S/C30H31N3O3/c34-30(35)24-10-11-27-28(17-24)33(19-26-13-15-36-26)29(31-27)20-32-14-12-23-9-8-22(16-25(23)18-32)7-6-21-4-2-1-3-5-21/h1-5,8-11,16-17,26H,6-7,12-15,18-20H2,(H,34,35)/t26-/m0/s1. The fourth-order valence-corrected chi connectivity index (χ4v) is 5.35. The highest BCUT2D eigenvalue weighted by molar-refractivity contribution is 5.92. The third kappa shape index (κ3) is 4.79. The summed E-state index contributed by atoms with van der Waals surface area (Å²) in [5, 5.41) is 9.50. The molecular formula is C30H31N3O3. The van der Waals surface area contributed by atoms with Crippen molar-refractivity contribution in [3.63, 3.8) is 0 Å². The van der Waals surface area contributed by atoms with Crippen molar-refractivity contribution in [3.8, 4) is 0 Å². The lowest BCUT2D eigenvalue weighted by molar-refractivity contribution is -0.0592. The van der Waals surface area contributed by atoms with E-state index in [1.54, 1.807) is 12.1 Å². The molecule has 6 nitrogen and oxygen atoms in total. The van der Waals surface area contributed by atoms with E-state index in [-0.39, 0.29) is 6.10 Å². The minimum absolute atomic E-state index is 0.170. The fraction of sp³-hybridized carbons (Fsp3) is 0.333. The van der Waals surface area contributed by atoms with Crippen molar-refractivity contribution in [2.75, 3.05) is 13.2 Å². The van der Waals surface area contributed by atoms with Gasteiger partial charge in [0.1, 0.15) is 5.82 Å². The number of carboxylic acid groups (broad SMARTS) is 1. The van der Waals surface area contributed by atoms with Crippen LogP contribution in [0.3, 0.4) is 0 Å². The molecule has 3 aromatic carbocycles. The first kappa shape index (κ1) is 23.0. The van der Waals surface area contributed by atoms with E-state index < -0.39 is 5.97 Å². The predicted octanol–water partition coefficient (Wildman–Crippen LogP) is 4.87. The number of imidazole rings is 1. The summed E-state index contributed by atoms with van der Waals surface area (Å²) >= 11 is 0. The highest BCUT2D eigenvalue weighted by Gasteiger charge is 2.24. The number of aromatic nitrogens is 2. The number of hydrogen-bond acceptors (Lipinski definition) is 4. The lowest BCUT2D eigenvalue weighted by Gasteiger charge is -2.30. The number of aryl methyl sites for hydroxylation is 2. The second-order valence-corrected chi connectivity index (χ2v) is 9.98. The summed E-state index contributed by atoms with van der Waals surface area (Å²) in [6, 6.07) is 22.9. The molecule has 0 radical (unpaired) electrons. The summed E-state index contributed by atoms with van der Waals surface area (Å²) in [5.41, 5.74) is 7.62. The summed E-state index contributed by atoms with van der Waals surface area (Å²) < 4.78 is 7.89. The molecule has 1 aromatic heterocycles. The Morgan fingerprint density at radius 1 is 1.00 bits per heavy atom. The monoisotopic (exact) mass is 481 g/mol. The fourth-order valence-electron chi connectivity index (χ4n) is 5.35. The van der Waals surface area contributed by atoms with Crippen LogP contribution in [0.5, 0.6) is 0 Å². The van der Waals surface area contributed by atoms with Crippen molar-refractivity contribution in [2.24, 2.45) is 0 Å². The second kappa shape index (κ2) is 9.88. The van der Waals surface area contributed by atoms with Crippen LogP contribution in [0.2, 0.25) is 0 Å². The Morgan fingerprint density at radius 3 is 2.61 bits per heavy atom. The van der Waals surface area contributed by atoms with Crippen LogP contribution in [0.4, 0.5) is 0 Å². The first-order chi connectivity index (χ1) is 17.6. The largest absolute Gasteiger partial charge is 0.478 e. The summed E-state index contributed by atoms with van der Waals surface area (Å²) in [6.45, 7) is 4.13. The summed E-state index contributed by atoms with van der Waals surface area (Å²) in [5.74, 6) is 0.0634. The molecule has 1 saturated heterocycles. The maximum absolute atomic E-state index is 11.6. The van der Waals surface area contributed by atoms with Crippen LogP contribution in [0, 0.1) is 0 Å². The third-order valence-corrected chi connectivity index (χ3v) is 7.53. The van der Waals surface area contributed by atoms with Crippen molar-refractivity contribution in [1.29, 1.82) is 0 Å². The van der Waals surface area contributed by atoms with Gasteiger partial charge in [-0.15, -0.1) is 0 Å². The first-order valence-electron chi connectivity index (χ1n) is 12.8. The second-order valence-electron chi connectivity index (χ2n) is 9.98. The molecule has 6 heteroatoms. The van der Waals surface area contributed by atoms with Gasteiger partial charge in [0.05, 0.1) is 35.8 Å². The van der Waals surface area contributed by atoms with Gasteiger partial charge >= 0.3 is 5.97 Å². The molecule has 0 aliphatic carbocycles. The number of aromatic carboxylic acids is 1. The Bertz CT molecular complexity index is 1390. The van der Waals surface area contributed by atoms with Crippen molar-refractivity contribution >= 4 is 17.0 Å². The van der Waals surface area contributed by atoms with Gasteiger partial charge in [-0.2, -0.15) is 0 Å². The number of carboxylic acids is 1. The van der Waals surface area contributed by atoms with E-state index in [4.69, 9.17) is 9.72 Å². The highest BCUT2D eigenvalue weighted by Crippen LogP contribution is 2.26. The van der Waals surface area contributed by atoms with Crippen molar-refractivity contribution in [1.82, 2.24) is 14.5 Å². The van der Waals surface area contributed by atoms with E-state index in [2.05, 4.69) is 58.0 Å². The van der Waals surface area contributed by atoms with Crippen molar-refractivity contribution < 1.29 is 14.6 Å². The molecule has 0 unspecified atom stereocenters. The van der Waals surface area contributed by atoms with Gasteiger partial charge in [0.15, 0.2) is 0 Å². The number of nitrogens with zero attached hydrogens (tertiary/aromatic N) is 3. The Hall–Kier alpha value is -3.48. The Kier molecular flexibility index (Phi) is 6.30. The molecule has 6 rings (SSSR count). The number of benzene rings is 3. The molecule has 1 fully saturated rings. The maximum Gasteiger partial charge on any atom is 0.335 e. The van der Waals surface area contributed by atoms with E-state index in [9.17, 15) is 9.90 Å². The number of ether oxygens (including phenoxy) is 1. The molecule has 0 amide bonds. The van der Waals surface area contributed by atoms with E-state index in [1.807, 2.05) is 6.07 Å². The molecule has 36 heavy (non-hydrogen) atoms. The quantitative estimate of drug-likeness (QED) is 0.389. The summed E-state index contributed by atoms with van der Waals surface area (Å²) in [4.78, 5) is 19.0. The zero-order chi connectivity index (χ0) is 24.5. The van der Waals surface area contributed by atoms with Crippen LogP contribution in [0.1, 0.15) is 44.9 Å². The van der Waals surface area contributed by atoms with E-state index in [1.165, 1.54) is 22.3 Å². The smallest absolute Gasteiger partial charge is 0.335 e. The Morgan fingerprint density at radius 2 is 1.83 bits per heavy atom. The van der Waals surface area contributed by atoms with E-state index in [0.29, 0.717) is 12.1 Å². The average Bonchev–Trinajstić information content (AvgIpc) is 3.21. The summed E-state index contributed by atoms with van der Waals surface area (Å²) in [6.07, 6.45) is 4.32. The van der Waals surface area contributed by atoms with Crippen LogP contribution in [-0.4, -0.2) is 44.8 Å². The maximum atomic E-state index is 11.6. The number of fused-ring (bicyclic) bond motifs is 2. The molecular weight excluding hydrogens is 450 g/mol. The van der Waals surface area contributed by atoms with Crippen LogP contribution >= 0.6 is 0 Å². The SMILES string of the molecule is O=C(O)c1ccc2nc(CN3CCc4ccc(CCc5ccccc5)cc4C3)n(C[C@@H]3CCO3)c2c1. The normalized spacial score (nSPS) is 17.6. The van der Waals surface area contributed by atoms with Gasteiger partial charge in [0.25, 0.3) is 0 Å². The van der Waals surface area contributed by atoms with Crippen LogP contribution in [0.15, 0.2) is 66.7 Å². The van der Waals surface area contributed by atoms with Crippen LogP contribution in [-0.2, 0) is 43.6 Å². The Balaban J connectivity index is 1.21. The van der Waals surface area contributed by atoms with Crippen LogP contribution < -0.4 is 0 Å². The lowest BCUT2D eigenvalue weighted by atomic mass is 9.95. The summed E-state index contributed by atoms with van der Waals surface area (Å²) in [7, 11) is 0. The minimum Gasteiger partial charge on any atom is -0.478 e. The minimum atomic E-state index is -0.915. The van der Waals surface area contributed by atoms with Gasteiger partial charge in [0, 0.05) is 19.7 Å². The van der Waals surface area contributed by atoms with Gasteiger partial charge in [-0.1, -0.05) is 48.5 Å². The van der Waals surface area contributed by atoms with Gasteiger partial charge in [-0.3, -0.25) is 4.90 Å². The third-order valence-electron chi connectivity index (χ3n) is 7.53.